The molecule has 0 heterocycles. The maximum Gasteiger partial charge on any atom is 0.0333 e. The molecule has 1 radical (unpaired) electrons. The molecule has 0 bridgehead atoms. The van der Waals surface area contributed by atoms with E-state index < -0.39 is 8.32 Å². The summed E-state index contributed by atoms with van der Waals surface area (Å²) in [6, 6.07) is 2.01. The zero-order valence-electron chi connectivity index (χ0n) is 5.81. The Morgan fingerprint density at radius 2 is 1.88 bits per heavy atom. The number of hydrogen-bond acceptors (Lipinski definition) is 1. The van der Waals surface area contributed by atoms with E-state index in [0.29, 0.717) is 0 Å². The largest absolute Gasteiger partial charge is 0.463 e. The van der Waals surface area contributed by atoms with Gasteiger partial charge in [-0.2, -0.15) is 6.42 Å². The fourth-order valence-electron chi connectivity index (χ4n) is 0.500. The van der Waals surface area contributed by atoms with Crippen molar-refractivity contribution in [3.8, 4) is 0 Å². The Morgan fingerprint density at radius 3 is 1.88 bits per heavy atom. The molecule has 0 saturated heterocycles. The van der Waals surface area contributed by atoms with Crippen molar-refractivity contribution in [3.05, 3.63) is 6.04 Å². The van der Waals surface area contributed by atoms with Crippen LogP contribution in [0.3, 0.4) is 0 Å². The average Bonchev–Trinajstić information content (AvgIpc) is 1.30. The topological polar surface area (TPSA) is 20.2 Å². The summed E-state index contributed by atoms with van der Waals surface area (Å²) in [5.74, 6) is 0. The molecule has 3 heteroatoms. The first-order chi connectivity index (χ1) is 3.06. The van der Waals surface area contributed by atoms with Gasteiger partial charge in [-0.3, -0.25) is 0 Å². The van der Waals surface area contributed by atoms with Crippen molar-refractivity contribution in [1.82, 2.24) is 0 Å². The summed E-state index contributed by atoms with van der Waals surface area (Å²) in [5, 5.41) is 0. The molecule has 0 saturated carbocycles. The van der Waals surface area contributed by atoms with E-state index in [0.717, 1.165) is 6.42 Å². The van der Waals surface area contributed by atoms with Crippen molar-refractivity contribution in [2.75, 3.05) is 0 Å². The summed E-state index contributed by atoms with van der Waals surface area (Å²) in [5.41, 5.74) is 0. The predicted octanol–water partition coefficient (Wildman–Crippen LogP) is 1.33. The molecule has 0 atom stereocenters. The first kappa shape index (κ1) is 12.0. The van der Waals surface area contributed by atoms with Gasteiger partial charge in [-0.05, 0) is 0 Å². The van der Waals surface area contributed by atoms with Gasteiger partial charge in [-0.25, -0.2) is 0 Å². The molecule has 0 aromatic carbocycles. The van der Waals surface area contributed by atoms with Gasteiger partial charge in [0.2, 0.25) is 0 Å². The Labute approximate surface area is 77.9 Å². The number of hydrogen-bond donors (Lipinski definition) is 1. The molecule has 0 spiro atoms. The Morgan fingerprint density at radius 1 is 1.50 bits per heavy atom. The molecule has 0 aromatic rings. The molecule has 0 aliphatic carbocycles. The summed E-state index contributed by atoms with van der Waals surface area (Å²) in [7, 11) is -1.78. The molecule has 0 amide bonds. The van der Waals surface area contributed by atoms with Crippen LogP contribution in [0.4, 0.5) is 0 Å². The standard InChI is InChI=1S/C5H13OSi.Y/c1-4-5-7(2,3)6;/h5-6H,4H2,1-3H3;/q-1;. The molecule has 1 N–H and O–H groups in total. The van der Waals surface area contributed by atoms with Crippen molar-refractivity contribution in [1.29, 1.82) is 0 Å². The Hall–Kier alpha value is 1.28. The summed E-state index contributed by atoms with van der Waals surface area (Å²) < 4.78 is 0. The van der Waals surface area contributed by atoms with Crippen molar-refractivity contribution in [3.63, 3.8) is 0 Å². The molecule has 0 rings (SSSR count). The summed E-state index contributed by atoms with van der Waals surface area (Å²) in [6.45, 7) is 5.87. The fourth-order valence-corrected chi connectivity index (χ4v) is 1.50. The summed E-state index contributed by atoms with van der Waals surface area (Å²) in [6.07, 6.45) is 0.996. The van der Waals surface area contributed by atoms with Gasteiger partial charge >= 0.3 is 0 Å². The van der Waals surface area contributed by atoms with Gasteiger partial charge in [0.25, 0.3) is 0 Å². The van der Waals surface area contributed by atoms with Crippen LogP contribution in [0.2, 0.25) is 13.1 Å². The van der Waals surface area contributed by atoms with Crippen LogP contribution in [-0.2, 0) is 32.7 Å². The van der Waals surface area contributed by atoms with E-state index in [1.165, 1.54) is 0 Å². The monoisotopic (exact) mass is 206 g/mol. The quantitative estimate of drug-likeness (QED) is 0.534. The second-order valence-electron chi connectivity index (χ2n) is 2.27. The van der Waals surface area contributed by atoms with Crippen molar-refractivity contribution >= 4 is 8.32 Å². The maximum atomic E-state index is 9.10. The zero-order chi connectivity index (χ0) is 5.91. The second-order valence-corrected chi connectivity index (χ2v) is 5.98. The van der Waals surface area contributed by atoms with E-state index in [9.17, 15) is 0 Å². The minimum atomic E-state index is -1.78. The van der Waals surface area contributed by atoms with Crippen LogP contribution in [0.1, 0.15) is 13.3 Å². The summed E-state index contributed by atoms with van der Waals surface area (Å²) in [4.78, 5) is 9.10. The van der Waals surface area contributed by atoms with Crippen molar-refractivity contribution < 1.29 is 37.5 Å². The third kappa shape index (κ3) is 10.3. The van der Waals surface area contributed by atoms with Gasteiger partial charge in [-0.15, -0.1) is 0 Å². The van der Waals surface area contributed by atoms with Crippen LogP contribution in [-0.4, -0.2) is 13.1 Å². The normalized spacial score (nSPS) is 10.5. The van der Waals surface area contributed by atoms with Crippen LogP contribution in [0.5, 0.6) is 0 Å². The Bertz CT molecular complexity index is 50.9. The third-order valence-corrected chi connectivity index (χ3v) is 2.11. The van der Waals surface area contributed by atoms with E-state index in [1.807, 2.05) is 26.1 Å². The van der Waals surface area contributed by atoms with Crippen LogP contribution >= 0.6 is 0 Å². The molecule has 1 nitrogen and oxygen atoms in total. The van der Waals surface area contributed by atoms with Gasteiger partial charge in [0.1, 0.15) is 0 Å². The van der Waals surface area contributed by atoms with E-state index in [4.69, 9.17) is 4.80 Å². The second kappa shape index (κ2) is 5.10. The van der Waals surface area contributed by atoms with Crippen LogP contribution in [0.25, 0.3) is 0 Å². The smallest absolute Gasteiger partial charge is 0.0333 e. The Kier molecular flexibility index (Phi) is 7.65. The molecule has 0 fully saturated rings. The maximum absolute atomic E-state index is 9.10. The molecular formula is C5H13OSiY-. The van der Waals surface area contributed by atoms with Crippen LogP contribution < -0.4 is 0 Å². The fraction of sp³-hybridized carbons (Fsp3) is 0.800. The molecule has 0 aliphatic heterocycles. The molecule has 0 aromatic heterocycles. The van der Waals surface area contributed by atoms with Gasteiger partial charge < -0.3 is 10.8 Å². The molecule has 0 aliphatic rings. The van der Waals surface area contributed by atoms with Gasteiger partial charge in [0.05, 0.1) is 0 Å². The zero-order valence-corrected chi connectivity index (χ0v) is 9.65. The van der Waals surface area contributed by atoms with E-state index in [1.54, 1.807) is 0 Å². The third-order valence-electron chi connectivity index (χ3n) is 0.704. The van der Waals surface area contributed by atoms with Crippen molar-refractivity contribution in [2.24, 2.45) is 0 Å². The van der Waals surface area contributed by atoms with E-state index in [-0.39, 0.29) is 32.7 Å². The first-order valence-corrected chi connectivity index (χ1v) is 5.65. The molecule has 0 unspecified atom stereocenters. The molecule has 47 valence electrons. The Balaban J connectivity index is 0. The molecule has 8 heavy (non-hydrogen) atoms. The SMILES string of the molecule is CC[CH-][Si](C)(C)O.[Y]. The van der Waals surface area contributed by atoms with E-state index in [2.05, 4.69) is 0 Å². The van der Waals surface area contributed by atoms with Crippen molar-refractivity contribution in [2.45, 2.75) is 26.4 Å². The number of rotatable bonds is 2. The van der Waals surface area contributed by atoms with E-state index >= 15 is 0 Å². The van der Waals surface area contributed by atoms with Crippen LogP contribution in [0.15, 0.2) is 0 Å². The average molecular weight is 206 g/mol. The van der Waals surface area contributed by atoms with Gasteiger partial charge in [0.15, 0.2) is 0 Å². The van der Waals surface area contributed by atoms with Crippen LogP contribution in [0, 0.1) is 6.04 Å². The minimum Gasteiger partial charge on any atom is -0.463 e. The van der Waals surface area contributed by atoms with Gasteiger partial charge in [0, 0.05) is 41.0 Å². The minimum absolute atomic E-state index is 0. The molecular weight excluding hydrogens is 193 g/mol. The van der Waals surface area contributed by atoms with Gasteiger partial charge in [-0.1, -0.05) is 20.0 Å². The summed E-state index contributed by atoms with van der Waals surface area (Å²) >= 11 is 0. The first-order valence-electron chi connectivity index (χ1n) is 2.63. The predicted molar refractivity (Wildman–Crippen MR) is 34.3 cm³/mol.